The molecule has 19 heavy (non-hydrogen) atoms. The third-order valence-electron chi connectivity index (χ3n) is 5.09. The summed E-state index contributed by atoms with van der Waals surface area (Å²) < 4.78 is 30.6. The van der Waals surface area contributed by atoms with E-state index in [2.05, 4.69) is 6.92 Å². The van der Waals surface area contributed by atoms with Crippen LogP contribution in [0.5, 0.6) is 0 Å². The predicted molar refractivity (Wildman–Crippen MR) is 69.9 cm³/mol. The summed E-state index contributed by atoms with van der Waals surface area (Å²) in [6.45, 7) is 12.9. The fraction of sp³-hybridized carbons (Fsp3) is 0.923. The molecule has 4 rings (SSSR count). The topological polar surface area (TPSA) is 65.0 Å². The zero-order chi connectivity index (χ0) is 14.5. The van der Waals surface area contributed by atoms with Gasteiger partial charge in [-0.1, -0.05) is 0 Å². The summed E-state index contributed by atoms with van der Waals surface area (Å²) in [5.41, 5.74) is -1.70. The summed E-state index contributed by atoms with van der Waals surface area (Å²) >= 11 is 0. The Balaban J connectivity index is 2.25. The Bertz CT molecular complexity index is 451. The highest BCUT2D eigenvalue weighted by atomic mass is 31.2. The van der Waals surface area contributed by atoms with E-state index in [1.807, 2.05) is 27.7 Å². The van der Waals surface area contributed by atoms with E-state index in [4.69, 9.17) is 14.2 Å². The Labute approximate surface area is 114 Å². The van der Waals surface area contributed by atoms with Gasteiger partial charge in [0, 0.05) is 19.5 Å². The second-order valence-electron chi connectivity index (χ2n) is 7.13. The van der Waals surface area contributed by atoms with E-state index in [9.17, 15) is 9.46 Å². The van der Waals surface area contributed by atoms with Crippen molar-refractivity contribution in [3.63, 3.8) is 0 Å². The summed E-state index contributed by atoms with van der Waals surface area (Å²) in [7, 11) is -3.54. The van der Waals surface area contributed by atoms with Crippen molar-refractivity contribution in [1.82, 2.24) is 0 Å². The number of ether oxygens (including phenoxy) is 3. The van der Waals surface area contributed by atoms with E-state index in [1.54, 1.807) is 0 Å². The zero-order valence-corrected chi connectivity index (χ0v) is 13.0. The summed E-state index contributed by atoms with van der Waals surface area (Å²) in [5.74, 6) is -1.57. The lowest BCUT2D eigenvalue weighted by molar-refractivity contribution is -0.519. The highest BCUT2D eigenvalue weighted by molar-refractivity contribution is 7.59. The van der Waals surface area contributed by atoms with Crippen molar-refractivity contribution in [2.75, 3.05) is 6.66 Å². The monoisotopic (exact) mass is 289 g/mol. The minimum absolute atomic E-state index is 0.396. The lowest BCUT2D eigenvalue weighted by Crippen LogP contribution is -2.83. The molecule has 1 radical (unpaired) electrons. The van der Waals surface area contributed by atoms with E-state index >= 15 is 0 Å². The molecule has 4 aliphatic rings. The molecule has 0 aromatic heterocycles. The van der Waals surface area contributed by atoms with Crippen LogP contribution < -0.4 is 0 Å². The largest absolute Gasteiger partial charge is 0.344 e. The number of rotatable bonds is 1. The van der Waals surface area contributed by atoms with E-state index < -0.39 is 35.3 Å². The highest BCUT2D eigenvalue weighted by Gasteiger charge is 2.79. The Kier molecular flexibility index (Phi) is 2.30. The van der Waals surface area contributed by atoms with Crippen molar-refractivity contribution >= 4 is 7.37 Å². The normalized spacial score (nSPS) is 63.1. The van der Waals surface area contributed by atoms with Gasteiger partial charge in [0.1, 0.15) is 5.16 Å². The molecule has 1 N–H and O–H groups in total. The molecule has 4 heterocycles. The first-order valence-electron chi connectivity index (χ1n) is 6.55. The molecule has 0 saturated carbocycles. The standard InChI is InChI=1S/C13H22O5P/c1-9-7-11(3)17-10(2,8-12(4,16-9)18-11)13(9,5)19(6,14)15/h5,7-8H2,1-4,6H3,(H,14,15). The van der Waals surface area contributed by atoms with Crippen LogP contribution in [0.15, 0.2) is 0 Å². The molecule has 6 heteroatoms. The molecule has 0 aromatic rings. The molecule has 4 fully saturated rings. The molecule has 4 bridgehead atoms. The van der Waals surface area contributed by atoms with Gasteiger partial charge < -0.3 is 19.1 Å². The van der Waals surface area contributed by atoms with Crippen molar-refractivity contribution in [2.45, 2.75) is 68.5 Å². The van der Waals surface area contributed by atoms with E-state index in [0.29, 0.717) is 12.8 Å². The Morgan fingerprint density at radius 1 is 1.00 bits per heavy atom. The van der Waals surface area contributed by atoms with Crippen LogP contribution in [0.4, 0.5) is 0 Å². The van der Waals surface area contributed by atoms with Gasteiger partial charge in [-0.2, -0.15) is 0 Å². The Morgan fingerprint density at radius 3 is 1.68 bits per heavy atom. The molecule has 0 spiro atoms. The van der Waals surface area contributed by atoms with E-state index in [0.717, 1.165) is 0 Å². The summed E-state index contributed by atoms with van der Waals surface area (Å²) in [6.07, 6.45) is 0.792. The van der Waals surface area contributed by atoms with Gasteiger partial charge in [-0.15, -0.1) is 0 Å². The number of hydrogen-bond donors (Lipinski definition) is 1. The van der Waals surface area contributed by atoms with Crippen LogP contribution >= 0.6 is 7.37 Å². The fourth-order valence-corrected chi connectivity index (χ4v) is 6.80. The van der Waals surface area contributed by atoms with Gasteiger partial charge >= 0.3 is 0 Å². The number of hydrogen-bond acceptors (Lipinski definition) is 4. The van der Waals surface area contributed by atoms with Crippen LogP contribution in [-0.4, -0.2) is 39.5 Å². The van der Waals surface area contributed by atoms with Gasteiger partial charge in [-0.3, -0.25) is 4.57 Å². The maximum Gasteiger partial charge on any atom is 0.209 e. The lowest BCUT2D eigenvalue weighted by atomic mass is 9.64. The average molecular weight is 289 g/mol. The predicted octanol–water partition coefficient (Wildman–Crippen LogP) is 2.28. The first-order chi connectivity index (χ1) is 8.29. The molecule has 109 valence electrons. The van der Waals surface area contributed by atoms with Gasteiger partial charge in [0.05, 0.1) is 11.2 Å². The molecular weight excluding hydrogens is 267 g/mol. The third kappa shape index (κ3) is 1.43. The van der Waals surface area contributed by atoms with Crippen LogP contribution in [0.1, 0.15) is 40.5 Å². The van der Waals surface area contributed by atoms with Crippen LogP contribution in [0.2, 0.25) is 0 Å². The maximum absolute atomic E-state index is 12.5. The van der Waals surface area contributed by atoms with Crippen LogP contribution in [0.25, 0.3) is 0 Å². The SMILES string of the molecule is [CH2]C1(P(C)(=O)O)C2(C)CC3(C)OC(C)(CC1(C)O3)O2. The van der Waals surface area contributed by atoms with Crippen molar-refractivity contribution in [3.05, 3.63) is 6.92 Å². The fourth-order valence-electron chi connectivity index (χ4n) is 4.79. The van der Waals surface area contributed by atoms with Gasteiger partial charge in [0.25, 0.3) is 0 Å². The summed E-state index contributed by atoms with van der Waals surface area (Å²) in [6, 6.07) is 0. The van der Waals surface area contributed by atoms with Gasteiger partial charge in [0.2, 0.25) is 7.37 Å². The third-order valence-corrected chi connectivity index (χ3v) is 7.45. The van der Waals surface area contributed by atoms with E-state index in [-0.39, 0.29) is 0 Å². The second kappa shape index (κ2) is 3.12. The molecule has 5 nitrogen and oxygen atoms in total. The van der Waals surface area contributed by atoms with Crippen molar-refractivity contribution in [2.24, 2.45) is 0 Å². The quantitative estimate of drug-likeness (QED) is 0.750. The molecule has 5 unspecified atom stereocenters. The highest BCUT2D eigenvalue weighted by Crippen LogP contribution is 2.74. The molecule has 5 atom stereocenters. The van der Waals surface area contributed by atoms with E-state index in [1.165, 1.54) is 6.66 Å². The minimum atomic E-state index is -3.54. The Hall–Kier alpha value is 0.0700. The summed E-state index contributed by atoms with van der Waals surface area (Å²) in [4.78, 5) is 10.3. The van der Waals surface area contributed by atoms with Crippen molar-refractivity contribution in [3.8, 4) is 0 Å². The molecule has 4 saturated heterocycles. The van der Waals surface area contributed by atoms with Gasteiger partial charge in [0.15, 0.2) is 11.6 Å². The van der Waals surface area contributed by atoms with Crippen molar-refractivity contribution < 1.29 is 23.7 Å². The second-order valence-corrected chi connectivity index (χ2v) is 9.65. The molecule has 4 aliphatic heterocycles. The first-order valence-corrected chi connectivity index (χ1v) is 8.65. The maximum atomic E-state index is 12.5. The lowest BCUT2D eigenvalue weighted by Gasteiger charge is -2.73. The molecule has 0 aromatic carbocycles. The molecule has 0 amide bonds. The minimum Gasteiger partial charge on any atom is -0.344 e. The zero-order valence-electron chi connectivity index (χ0n) is 12.1. The van der Waals surface area contributed by atoms with Crippen LogP contribution in [0, 0.1) is 6.92 Å². The first kappa shape index (κ1) is 14.0. The van der Waals surface area contributed by atoms with Crippen molar-refractivity contribution in [1.29, 1.82) is 0 Å². The van der Waals surface area contributed by atoms with Gasteiger partial charge in [-0.25, -0.2) is 0 Å². The Morgan fingerprint density at radius 2 is 1.37 bits per heavy atom. The van der Waals surface area contributed by atoms with Crippen LogP contribution in [0.3, 0.4) is 0 Å². The molecule has 0 aliphatic carbocycles. The summed E-state index contributed by atoms with van der Waals surface area (Å²) in [5, 5.41) is -1.20. The average Bonchev–Trinajstić information content (AvgIpc) is 2.05. The smallest absolute Gasteiger partial charge is 0.209 e. The van der Waals surface area contributed by atoms with Crippen LogP contribution in [-0.2, 0) is 18.8 Å². The van der Waals surface area contributed by atoms with Gasteiger partial charge in [-0.05, 0) is 34.6 Å². The molecular formula is C13H22O5P.